The number of aromatic nitrogens is 5. The third kappa shape index (κ3) is 5.21. The van der Waals surface area contributed by atoms with Crippen LogP contribution in [0.5, 0.6) is 11.6 Å². The molecule has 27 heavy (non-hydrogen) atoms. The van der Waals surface area contributed by atoms with Crippen LogP contribution in [0.4, 0.5) is 5.69 Å². The number of aliphatic hydroxyl groups excluding tert-OH is 1. The van der Waals surface area contributed by atoms with Crippen molar-refractivity contribution in [3.05, 3.63) is 47.3 Å². The molecular weight excluding hydrogens is 420 g/mol. The zero-order valence-corrected chi connectivity index (χ0v) is 15.5. The van der Waals surface area contributed by atoms with E-state index in [9.17, 15) is 4.79 Å². The smallest absolute Gasteiger partial charge is 0.262 e. The Kier molecular flexibility index (Phi) is 6.28. The lowest BCUT2D eigenvalue weighted by Gasteiger charge is -2.12. The van der Waals surface area contributed by atoms with E-state index < -0.39 is 0 Å². The Balaban J connectivity index is 1.57. The van der Waals surface area contributed by atoms with Gasteiger partial charge in [0.1, 0.15) is 24.4 Å². The molecule has 0 saturated carbocycles. The Morgan fingerprint density at radius 3 is 2.78 bits per heavy atom. The molecule has 0 atom stereocenters. The molecule has 2 heterocycles. The number of halogens is 1. The number of ether oxygens (including phenoxy) is 2. The molecule has 3 aromatic rings. The summed E-state index contributed by atoms with van der Waals surface area (Å²) in [5.74, 6) is 0.353. The summed E-state index contributed by atoms with van der Waals surface area (Å²) in [6.45, 7) is -0.285. The van der Waals surface area contributed by atoms with Gasteiger partial charge in [-0.15, -0.1) is 5.10 Å². The van der Waals surface area contributed by atoms with Gasteiger partial charge < -0.3 is 19.9 Å². The lowest BCUT2D eigenvalue weighted by atomic mass is 10.3. The number of pyridine rings is 1. The maximum atomic E-state index is 12.2. The fourth-order valence-corrected chi connectivity index (χ4v) is 2.41. The number of nitrogens with zero attached hydrogens (tertiary/aromatic N) is 5. The molecular formula is C16H15BrN6O4. The molecule has 140 valence electrons. The Labute approximate surface area is 162 Å². The van der Waals surface area contributed by atoms with E-state index in [1.165, 1.54) is 17.2 Å². The number of aliphatic hydroxyl groups is 1. The summed E-state index contributed by atoms with van der Waals surface area (Å²) in [6.07, 6.45) is 3.01. The van der Waals surface area contributed by atoms with Crippen molar-refractivity contribution in [2.45, 2.75) is 0 Å². The van der Waals surface area contributed by atoms with E-state index in [0.29, 0.717) is 15.9 Å². The number of hydrogen-bond donors (Lipinski definition) is 2. The van der Waals surface area contributed by atoms with Crippen LogP contribution in [0.1, 0.15) is 0 Å². The summed E-state index contributed by atoms with van der Waals surface area (Å²) >= 11 is 3.29. The summed E-state index contributed by atoms with van der Waals surface area (Å²) in [5, 5.41) is 22.5. The Morgan fingerprint density at radius 1 is 1.26 bits per heavy atom. The number of anilines is 1. The second-order valence-electron chi connectivity index (χ2n) is 5.16. The summed E-state index contributed by atoms with van der Waals surface area (Å²) < 4.78 is 13.0. The summed E-state index contributed by atoms with van der Waals surface area (Å²) in [7, 11) is 0. The number of nitrogens with one attached hydrogen (secondary N) is 1. The van der Waals surface area contributed by atoms with E-state index in [1.54, 1.807) is 30.3 Å². The highest BCUT2D eigenvalue weighted by Gasteiger charge is 2.11. The van der Waals surface area contributed by atoms with Gasteiger partial charge in [0.15, 0.2) is 6.61 Å². The number of carbonyl (C=O) groups is 1. The third-order valence-electron chi connectivity index (χ3n) is 3.24. The number of carbonyl (C=O) groups excluding carboxylic acids is 1. The molecule has 0 aliphatic carbocycles. The van der Waals surface area contributed by atoms with Crippen LogP contribution in [-0.4, -0.2) is 56.0 Å². The van der Waals surface area contributed by atoms with Gasteiger partial charge in [0.05, 0.1) is 12.3 Å². The summed E-state index contributed by atoms with van der Waals surface area (Å²) in [4.78, 5) is 16.2. The minimum atomic E-state index is -0.381. The highest BCUT2D eigenvalue weighted by molar-refractivity contribution is 9.10. The first-order valence-corrected chi connectivity index (χ1v) is 8.60. The van der Waals surface area contributed by atoms with Crippen LogP contribution >= 0.6 is 15.9 Å². The SMILES string of the molecule is O=C(COc1ccc(-n2cnnn2)cc1)Nc1cc(Br)cnc1OCCO. The van der Waals surface area contributed by atoms with Crippen molar-refractivity contribution >= 4 is 27.5 Å². The van der Waals surface area contributed by atoms with Crippen LogP contribution in [0.15, 0.2) is 47.3 Å². The van der Waals surface area contributed by atoms with Gasteiger partial charge in [0.25, 0.3) is 5.91 Å². The molecule has 0 bridgehead atoms. The van der Waals surface area contributed by atoms with Gasteiger partial charge in [0, 0.05) is 10.7 Å². The molecule has 0 unspecified atom stereocenters. The first kappa shape index (κ1) is 18.7. The number of rotatable bonds is 8. The molecule has 0 radical (unpaired) electrons. The maximum Gasteiger partial charge on any atom is 0.262 e. The lowest BCUT2D eigenvalue weighted by Crippen LogP contribution is -2.21. The predicted molar refractivity (Wildman–Crippen MR) is 97.8 cm³/mol. The predicted octanol–water partition coefficient (Wildman–Crippen LogP) is 1.21. The molecule has 2 N–H and O–H groups in total. The van der Waals surface area contributed by atoms with Crippen molar-refractivity contribution in [2.24, 2.45) is 0 Å². The van der Waals surface area contributed by atoms with Crippen molar-refractivity contribution in [1.29, 1.82) is 0 Å². The summed E-state index contributed by atoms with van der Waals surface area (Å²) in [5.41, 5.74) is 1.14. The normalized spacial score (nSPS) is 10.4. The standard InChI is InChI=1S/C16H15BrN6O4/c17-11-7-14(16(18-8-11)26-6-5-24)20-15(25)9-27-13-3-1-12(2-4-13)23-10-19-21-22-23/h1-4,7-8,10,24H,5-6,9H2,(H,20,25). The van der Waals surface area contributed by atoms with Gasteiger partial charge >= 0.3 is 0 Å². The van der Waals surface area contributed by atoms with Crippen LogP contribution in [0.3, 0.4) is 0 Å². The molecule has 2 aromatic heterocycles. The van der Waals surface area contributed by atoms with E-state index in [2.05, 4.69) is 41.8 Å². The number of hydrogen-bond acceptors (Lipinski definition) is 8. The molecule has 10 nitrogen and oxygen atoms in total. The molecule has 1 aromatic carbocycles. The quantitative estimate of drug-likeness (QED) is 0.541. The Bertz CT molecular complexity index is 888. The number of tetrazole rings is 1. The minimum absolute atomic E-state index is 0.0711. The molecule has 11 heteroatoms. The molecule has 0 aliphatic heterocycles. The van der Waals surface area contributed by atoms with Gasteiger partial charge in [-0.1, -0.05) is 0 Å². The average Bonchev–Trinajstić information content (AvgIpc) is 3.21. The van der Waals surface area contributed by atoms with Gasteiger partial charge in [-0.2, -0.15) is 0 Å². The van der Waals surface area contributed by atoms with E-state index in [-0.39, 0.29) is 31.6 Å². The van der Waals surface area contributed by atoms with E-state index in [0.717, 1.165) is 5.69 Å². The first-order valence-electron chi connectivity index (χ1n) is 7.81. The van der Waals surface area contributed by atoms with E-state index >= 15 is 0 Å². The molecule has 0 saturated heterocycles. The zero-order chi connectivity index (χ0) is 19.1. The second-order valence-corrected chi connectivity index (χ2v) is 6.08. The highest BCUT2D eigenvalue weighted by atomic mass is 79.9. The molecule has 3 rings (SSSR count). The van der Waals surface area contributed by atoms with Crippen LogP contribution in [0.2, 0.25) is 0 Å². The first-order chi connectivity index (χ1) is 13.2. The molecule has 1 amide bonds. The summed E-state index contributed by atoms with van der Waals surface area (Å²) in [6, 6.07) is 8.60. The van der Waals surface area contributed by atoms with Crippen molar-refractivity contribution in [3.8, 4) is 17.3 Å². The van der Waals surface area contributed by atoms with Gasteiger partial charge in [-0.25, -0.2) is 9.67 Å². The van der Waals surface area contributed by atoms with Crippen LogP contribution < -0.4 is 14.8 Å². The second kappa shape index (κ2) is 9.05. The number of amides is 1. The average molecular weight is 435 g/mol. The largest absolute Gasteiger partial charge is 0.484 e. The van der Waals surface area contributed by atoms with E-state index in [1.807, 2.05) is 0 Å². The molecule has 0 aliphatic rings. The third-order valence-corrected chi connectivity index (χ3v) is 3.68. The molecule has 0 fully saturated rings. The molecule has 0 spiro atoms. The topological polar surface area (TPSA) is 124 Å². The van der Waals surface area contributed by atoms with Gasteiger partial charge in [0.2, 0.25) is 5.88 Å². The van der Waals surface area contributed by atoms with Crippen LogP contribution in [0, 0.1) is 0 Å². The highest BCUT2D eigenvalue weighted by Crippen LogP contribution is 2.25. The lowest BCUT2D eigenvalue weighted by molar-refractivity contribution is -0.118. The van der Waals surface area contributed by atoms with Crippen molar-refractivity contribution in [3.63, 3.8) is 0 Å². The Hall–Kier alpha value is -3.05. The van der Waals surface area contributed by atoms with E-state index in [4.69, 9.17) is 14.6 Å². The van der Waals surface area contributed by atoms with Gasteiger partial charge in [-0.05, 0) is 56.7 Å². The Morgan fingerprint density at radius 2 is 2.07 bits per heavy atom. The number of benzene rings is 1. The fraction of sp³-hybridized carbons (Fsp3) is 0.188. The zero-order valence-electron chi connectivity index (χ0n) is 13.9. The van der Waals surface area contributed by atoms with Crippen molar-refractivity contribution in [1.82, 2.24) is 25.2 Å². The van der Waals surface area contributed by atoms with Crippen LogP contribution in [-0.2, 0) is 4.79 Å². The fourth-order valence-electron chi connectivity index (χ4n) is 2.08. The van der Waals surface area contributed by atoms with Gasteiger partial charge in [-0.3, -0.25) is 4.79 Å². The maximum absolute atomic E-state index is 12.2. The van der Waals surface area contributed by atoms with Crippen LogP contribution in [0.25, 0.3) is 5.69 Å². The monoisotopic (exact) mass is 434 g/mol. The van der Waals surface area contributed by atoms with Crippen molar-refractivity contribution < 1.29 is 19.4 Å². The van der Waals surface area contributed by atoms with Crippen molar-refractivity contribution in [2.75, 3.05) is 25.1 Å². The minimum Gasteiger partial charge on any atom is -0.484 e.